The number of aromatic carboxylic acids is 1. The molecule has 0 radical (unpaired) electrons. The number of rotatable bonds is 4. The molecule has 114 valence electrons. The standard InChI is InChI=1S/C16H12ClFO4/c1-2-22-16(21)12-6-4-10(8-14(12)18)9-3-5-11(15(19)20)13(17)7-9/h3-8H,2H2,1H3,(H,19,20). The van der Waals surface area contributed by atoms with Crippen LogP contribution in [0.15, 0.2) is 36.4 Å². The molecule has 0 unspecified atom stereocenters. The molecule has 22 heavy (non-hydrogen) atoms. The van der Waals surface area contributed by atoms with Crippen molar-refractivity contribution in [2.24, 2.45) is 0 Å². The van der Waals surface area contributed by atoms with E-state index in [9.17, 15) is 14.0 Å². The molecule has 0 aliphatic carbocycles. The molecule has 6 heteroatoms. The largest absolute Gasteiger partial charge is 0.478 e. The van der Waals surface area contributed by atoms with Crippen LogP contribution in [0.4, 0.5) is 4.39 Å². The Kier molecular flexibility index (Phi) is 4.78. The Morgan fingerprint density at radius 2 is 1.73 bits per heavy atom. The van der Waals surface area contributed by atoms with Crippen molar-refractivity contribution in [1.29, 1.82) is 0 Å². The zero-order chi connectivity index (χ0) is 16.3. The van der Waals surface area contributed by atoms with Gasteiger partial charge in [-0.25, -0.2) is 14.0 Å². The van der Waals surface area contributed by atoms with Crippen molar-refractivity contribution in [3.63, 3.8) is 0 Å². The highest BCUT2D eigenvalue weighted by Crippen LogP contribution is 2.27. The van der Waals surface area contributed by atoms with Crippen molar-refractivity contribution in [3.05, 3.63) is 58.4 Å². The summed E-state index contributed by atoms with van der Waals surface area (Å²) in [4.78, 5) is 22.4. The summed E-state index contributed by atoms with van der Waals surface area (Å²) >= 11 is 5.89. The SMILES string of the molecule is CCOC(=O)c1ccc(-c2ccc(C(=O)O)c(Cl)c2)cc1F. The second-order valence-corrected chi connectivity index (χ2v) is 4.82. The number of esters is 1. The van der Waals surface area contributed by atoms with E-state index in [0.717, 1.165) is 0 Å². The fourth-order valence-corrected chi connectivity index (χ4v) is 2.20. The van der Waals surface area contributed by atoms with E-state index in [1.165, 1.54) is 30.3 Å². The number of carbonyl (C=O) groups excluding carboxylic acids is 1. The second kappa shape index (κ2) is 6.58. The number of halogens is 2. The van der Waals surface area contributed by atoms with Gasteiger partial charge >= 0.3 is 11.9 Å². The minimum absolute atomic E-state index is 0.0333. The van der Waals surface area contributed by atoms with Crippen molar-refractivity contribution < 1.29 is 23.8 Å². The number of ether oxygens (including phenoxy) is 1. The average Bonchev–Trinajstić information content (AvgIpc) is 2.46. The third-order valence-corrected chi connectivity index (χ3v) is 3.31. The Bertz CT molecular complexity index is 743. The van der Waals surface area contributed by atoms with Crippen LogP contribution in [-0.4, -0.2) is 23.7 Å². The van der Waals surface area contributed by atoms with Gasteiger partial charge in [-0.2, -0.15) is 0 Å². The van der Waals surface area contributed by atoms with Gasteiger partial charge in [0.2, 0.25) is 0 Å². The van der Waals surface area contributed by atoms with E-state index in [-0.39, 0.29) is 22.8 Å². The molecule has 2 aromatic rings. The maximum Gasteiger partial charge on any atom is 0.341 e. The number of benzene rings is 2. The molecule has 0 saturated carbocycles. The molecule has 0 atom stereocenters. The van der Waals surface area contributed by atoms with Crippen LogP contribution < -0.4 is 0 Å². The molecular weight excluding hydrogens is 311 g/mol. The van der Waals surface area contributed by atoms with E-state index in [1.807, 2.05) is 0 Å². The van der Waals surface area contributed by atoms with Gasteiger partial charge in [-0.3, -0.25) is 0 Å². The summed E-state index contributed by atoms with van der Waals surface area (Å²) in [6, 6.07) is 8.34. The van der Waals surface area contributed by atoms with Crippen LogP contribution in [0.25, 0.3) is 11.1 Å². The number of hydrogen-bond donors (Lipinski definition) is 1. The highest BCUT2D eigenvalue weighted by molar-refractivity contribution is 6.33. The van der Waals surface area contributed by atoms with Gasteiger partial charge in [-0.15, -0.1) is 0 Å². The lowest BCUT2D eigenvalue weighted by Crippen LogP contribution is -2.07. The van der Waals surface area contributed by atoms with Gasteiger partial charge in [-0.05, 0) is 42.3 Å². The monoisotopic (exact) mass is 322 g/mol. The molecule has 2 aromatic carbocycles. The van der Waals surface area contributed by atoms with Crippen LogP contribution >= 0.6 is 11.6 Å². The van der Waals surface area contributed by atoms with Crippen molar-refractivity contribution in [1.82, 2.24) is 0 Å². The van der Waals surface area contributed by atoms with E-state index < -0.39 is 17.8 Å². The average molecular weight is 323 g/mol. The molecule has 4 nitrogen and oxygen atoms in total. The molecule has 0 heterocycles. The Morgan fingerprint density at radius 3 is 2.23 bits per heavy atom. The van der Waals surface area contributed by atoms with Crippen molar-refractivity contribution in [3.8, 4) is 11.1 Å². The lowest BCUT2D eigenvalue weighted by atomic mass is 10.0. The molecule has 0 aliphatic rings. The van der Waals surface area contributed by atoms with Crippen LogP contribution in [0.3, 0.4) is 0 Å². The van der Waals surface area contributed by atoms with Gasteiger partial charge in [-0.1, -0.05) is 23.7 Å². The molecule has 0 bridgehead atoms. The van der Waals surface area contributed by atoms with Gasteiger partial charge in [0.05, 0.1) is 22.8 Å². The molecule has 0 spiro atoms. The maximum absolute atomic E-state index is 14.0. The Labute approximate surface area is 131 Å². The van der Waals surface area contributed by atoms with Gasteiger partial charge in [0.15, 0.2) is 0 Å². The lowest BCUT2D eigenvalue weighted by Gasteiger charge is -2.07. The van der Waals surface area contributed by atoms with E-state index in [4.69, 9.17) is 21.4 Å². The third kappa shape index (κ3) is 3.26. The smallest absolute Gasteiger partial charge is 0.341 e. The number of carboxylic acid groups (broad SMARTS) is 1. The molecule has 1 N–H and O–H groups in total. The van der Waals surface area contributed by atoms with E-state index in [1.54, 1.807) is 13.0 Å². The number of carboxylic acids is 1. The molecule has 2 rings (SSSR count). The first-order chi connectivity index (χ1) is 10.4. The minimum atomic E-state index is -1.14. The summed E-state index contributed by atoms with van der Waals surface area (Å²) in [5.41, 5.74) is 0.835. The van der Waals surface area contributed by atoms with Crippen LogP contribution in [0.5, 0.6) is 0 Å². The quantitative estimate of drug-likeness (QED) is 0.863. The molecule has 0 fully saturated rings. The van der Waals surface area contributed by atoms with Crippen molar-refractivity contribution in [2.75, 3.05) is 6.61 Å². The molecular formula is C16H12ClFO4. The third-order valence-electron chi connectivity index (χ3n) is 3.00. The van der Waals surface area contributed by atoms with E-state index in [2.05, 4.69) is 0 Å². The summed E-state index contributed by atoms with van der Waals surface area (Å²) in [5, 5.41) is 8.98. The first kappa shape index (κ1) is 16.0. The molecule has 0 aromatic heterocycles. The van der Waals surface area contributed by atoms with Crippen molar-refractivity contribution in [2.45, 2.75) is 6.92 Å². The zero-order valence-electron chi connectivity index (χ0n) is 11.6. The summed E-state index contributed by atoms with van der Waals surface area (Å²) in [6.45, 7) is 1.79. The first-order valence-electron chi connectivity index (χ1n) is 6.44. The fourth-order valence-electron chi connectivity index (χ4n) is 1.94. The highest BCUT2D eigenvalue weighted by Gasteiger charge is 2.15. The van der Waals surface area contributed by atoms with Gasteiger partial charge in [0.25, 0.3) is 0 Å². The van der Waals surface area contributed by atoms with Crippen molar-refractivity contribution >= 4 is 23.5 Å². The minimum Gasteiger partial charge on any atom is -0.478 e. The van der Waals surface area contributed by atoms with Gasteiger partial charge in [0, 0.05) is 0 Å². The van der Waals surface area contributed by atoms with E-state index >= 15 is 0 Å². The fraction of sp³-hybridized carbons (Fsp3) is 0.125. The summed E-state index contributed by atoms with van der Waals surface area (Å²) < 4.78 is 18.7. The maximum atomic E-state index is 14.0. The predicted molar refractivity (Wildman–Crippen MR) is 79.8 cm³/mol. The Hall–Kier alpha value is -2.40. The second-order valence-electron chi connectivity index (χ2n) is 4.41. The molecule has 0 aliphatic heterocycles. The highest BCUT2D eigenvalue weighted by atomic mass is 35.5. The number of carbonyl (C=O) groups is 2. The summed E-state index contributed by atoms with van der Waals surface area (Å²) in [6.07, 6.45) is 0. The Balaban J connectivity index is 2.38. The summed E-state index contributed by atoms with van der Waals surface area (Å²) in [5.74, 6) is -2.58. The zero-order valence-corrected chi connectivity index (χ0v) is 12.4. The summed E-state index contributed by atoms with van der Waals surface area (Å²) in [7, 11) is 0. The predicted octanol–water partition coefficient (Wildman–Crippen LogP) is 4.02. The van der Waals surface area contributed by atoms with Crippen LogP contribution in [-0.2, 0) is 4.74 Å². The molecule has 0 amide bonds. The normalized spacial score (nSPS) is 10.3. The van der Waals surface area contributed by atoms with E-state index in [0.29, 0.717) is 11.1 Å². The van der Waals surface area contributed by atoms with Crippen LogP contribution in [0.2, 0.25) is 5.02 Å². The van der Waals surface area contributed by atoms with Gasteiger partial charge in [0.1, 0.15) is 5.82 Å². The number of hydrogen-bond acceptors (Lipinski definition) is 3. The first-order valence-corrected chi connectivity index (χ1v) is 6.81. The topological polar surface area (TPSA) is 63.6 Å². The van der Waals surface area contributed by atoms with Crippen LogP contribution in [0.1, 0.15) is 27.6 Å². The lowest BCUT2D eigenvalue weighted by molar-refractivity contribution is 0.0520. The van der Waals surface area contributed by atoms with Gasteiger partial charge < -0.3 is 9.84 Å². The van der Waals surface area contributed by atoms with Crippen LogP contribution in [0, 0.1) is 5.82 Å². The Morgan fingerprint density at radius 1 is 1.14 bits per heavy atom. The molecule has 0 saturated heterocycles.